The highest BCUT2D eigenvalue weighted by molar-refractivity contribution is 7.99. The SMILES string of the molecule is O=C(CSc1nc2ncccn2n1)Nc1ccccc1C(=O)Nc1ccc(F)cc1. The van der Waals surface area contributed by atoms with Gasteiger partial charge in [-0.1, -0.05) is 23.9 Å². The van der Waals surface area contributed by atoms with Gasteiger partial charge in [-0.05, 0) is 42.5 Å². The smallest absolute Gasteiger partial charge is 0.257 e. The van der Waals surface area contributed by atoms with E-state index in [-0.39, 0.29) is 17.2 Å². The lowest BCUT2D eigenvalue weighted by Crippen LogP contribution is -2.19. The fourth-order valence-corrected chi connectivity index (χ4v) is 3.24. The molecule has 2 aromatic heterocycles. The molecule has 10 heteroatoms. The average molecular weight is 422 g/mol. The summed E-state index contributed by atoms with van der Waals surface area (Å²) in [6.45, 7) is 0. The first-order valence-electron chi connectivity index (χ1n) is 8.84. The fourth-order valence-electron chi connectivity index (χ4n) is 2.61. The Bertz CT molecular complexity index is 1180. The lowest BCUT2D eigenvalue weighted by molar-refractivity contribution is -0.113. The summed E-state index contributed by atoms with van der Waals surface area (Å²) in [6.07, 6.45) is 3.33. The molecule has 0 fully saturated rings. The first kappa shape index (κ1) is 19.5. The van der Waals surface area contributed by atoms with E-state index < -0.39 is 11.7 Å². The largest absolute Gasteiger partial charge is 0.325 e. The quantitative estimate of drug-likeness (QED) is 0.463. The number of nitrogens with one attached hydrogen (secondary N) is 2. The van der Waals surface area contributed by atoms with Gasteiger partial charge in [-0.15, -0.1) is 5.10 Å². The van der Waals surface area contributed by atoms with Crippen molar-refractivity contribution in [1.82, 2.24) is 19.6 Å². The minimum absolute atomic E-state index is 0.0603. The predicted molar refractivity (Wildman–Crippen MR) is 111 cm³/mol. The average Bonchev–Trinajstić information content (AvgIpc) is 3.17. The van der Waals surface area contributed by atoms with Crippen molar-refractivity contribution in [2.45, 2.75) is 5.16 Å². The molecular weight excluding hydrogens is 407 g/mol. The summed E-state index contributed by atoms with van der Waals surface area (Å²) in [5.74, 6) is -0.616. The third-order valence-electron chi connectivity index (χ3n) is 3.98. The highest BCUT2D eigenvalue weighted by atomic mass is 32.2. The van der Waals surface area contributed by atoms with Crippen molar-refractivity contribution < 1.29 is 14.0 Å². The lowest BCUT2D eigenvalue weighted by Gasteiger charge is -2.11. The summed E-state index contributed by atoms with van der Waals surface area (Å²) >= 11 is 1.16. The van der Waals surface area contributed by atoms with Crippen LogP contribution in [0.1, 0.15) is 10.4 Å². The van der Waals surface area contributed by atoms with Gasteiger partial charge in [-0.3, -0.25) is 9.59 Å². The molecule has 2 heterocycles. The third-order valence-corrected chi connectivity index (χ3v) is 4.82. The van der Waals surface area contributed by atoms with Gasteiger partial charge in [0.2, 0.25) is 11.1 Å². The van der Waals surface area contributed by atoms with E-state index in [0.717, 1.165) is 11.8 Å². The summed E-state index contributed by atoms with van der Waals surface area (Å²) in [5.41, 5.74) is 1.10. The van der Waals surface area contributed by atoms with E-state index in [1.807, 2.05) is 0 Å². The van der Waals surface area contributed by atoms with E-state index in [1.54, 1.807) is 42.7 Å². The molecule has 0 atom stereocenters. The number of aromatic nitrogens is 4. The van der Waals surface area contributed by atoms with Crippen molar-refractivity contribution in [3.63, 3.8) is 0 Å². The van der Waals surface area contributed by atoms with Crippen LogP contribution in [0, 0.1) is 5.82 Å². The van der Waals surface area contributed by atoms with Crippen LogP contribution >= 0.6 is 11.8 Å². The monoisotopic (exact) mass is 422 g/mol. The number of anilines is 2. The zero-order valence-electron chi connectivity index (χ0n) is 15.4. The van der Waals surface area contributed by atoms with Crippen molar-refractivity contribution in [2.75, 3.05) is 16.4 Å². The maximum atomic E-state index is 13.0. The first-order chi connectivity index (χ1) is 14.6. The molecule has 0 bridgehead atoms. The van der Waals surface area contributed by atoms with Crippen LogP contribution < -0.4 is 10.6 Å². The zero-order chi connectivity index (χ0) is 20.9. The van der Waals surface area contributed by atoms with Crippen LogP contribution in [0.4, 0.5) is 15.8 Å². The Morgan fingerprint density at radius 3 is 2.63 bits per heavy atom. The molecule has 0 aliphatic heterocycles. The maximum Gasteiger partial charge on any atom is 0.257 e. The van der Waals surface area contributed by atoms with Gasteiger partial charge in [0.25, 0.3) is 11.7 Å². The Labute approximate surface area is 174 Å². The van der Waals surface area contributed by atoms with Gasteiger partial charge >= 0.3 is 0 Å². The van der Waals surface area contributed by atoms with Crippen LogP contribution in [0.2, 0.25) is 0 Å². The van der Waals surface area contributed by atoms with Crippen molar-refractivity contribution in [1.29, 1.82) is 0 Å². The van der Waals surface area contributed by atoms with E-state index in [1.165, 1.54) is 28.8 Å². The van der Waals surface area contributed by atoms with E-state index in [2.05, 4.69) is 25.7 Å². The molecule has 4 aromatic rings. The Balaban J connectivity index is 1.40. The number of thioether (sulfide) groups is 1. The number of nitrogens with zero attached hydrogens (tertiary/aromatic N) is 4. The minimum atomic E-state index is -0.418. The number of para-hydroxylation sites is 1. The number of carbonyl (C=O) groups is 2. The Hall–Kier alpha value is -3.79. The second-order valence-electron chi connectivity index (χ2n) is 6.10. The summed E-state index contributed by atoms with van der Waals surface area (Å²) < 4.78 is 14.6. The summed E-state index contributed by atoms with van der Waals surface area (Å²) in [6, 6.07) is 13.8. The lowest BCUT2D eigenvalue weighted by atomic mass is 10.1. The highest BCUT2D eigenvalue weighted by Gasteiger charge is 2.14. The fraction of sp³-hybridized carbons (Fsp3) is 0.0500. The topological polar surface area (TPSA) is 101 Å². The number of halogens is 1. The van der Waals surface area contributed by atoms with Gasteiger partial charge in [0.05, 0.1) is 17.0 Å². The van der Waals surface area contributed by atoms with Gasteiger partial charge in [0.1, 0.15) is 5.82 Å². The molecule has 0 saturated carbocycles. The van der Waals surface area contributed by atoms with E-state index in [4.69, 9.17) is 0 Å². The molecule has 2 amide bonds. The number of hydrogen-bond donors (Lipinski definition) is 2. The van der Waals surface area contributed by atoms with Crippen LogP contribution in [0.5, 0.6) is 0 Å². The number of carbonyl (C=O) groups excluding carboxylic acids is 2. The summed E-state index contributed by atoms with van der Waals surface area (Å²) in [5, 5.41) is 10.1. The van der Waals surface area contributed by atoms with Gasteiger partial charge in [-0.25, -0.2) is 13.9 Å². The Morgan fingerprint density at radius 1 is 1.03 bits per heavy atom. The normalized spacial score (nSPS) is 10.7. The highest BCUT2D eigenvalue weighted by Crippen LogP contribution is 2.19. The molecule has 150 valence electrons. The standard InChI is InChI=1S/C20H15FN6O2S/c21-13-6-8-14(9-7-13)23-18(29)15-4-1-2-5-16(15)24-17(28)12-30-20-25-19-22-10-3-11-27(19)26-20/h1-11H,12H2,(H,23,29)(H,24,28). The maximum absolute atomic E-state index is 13.0. The van der Waals surface area contributed by atoms with Crippen molar-refractivity contribution in [2.24, 2.45) is 0 Å². The second-order valence-corrected chi connectivity index (χ2v) is 7.04. The summed E-state index contributed by atoms with van der Waals surface area (Å²) in [4.78, 5) is 33.3. The Morgan fingerprint density at radius 2 is 1.83 bits per heavy atom. The van der Waals surface area contributed by atoms with Crippen LogP contribution in [-0.2, 0) is 4.79 Å². The van der Waals surface area contributed by atoms with Crippen molar-refractivity contribution >= 4 is 40.7 Å². The van der Waals surface area contributed by atoms with Crippen LogP contribution in [0.3, 0.4) is 0 Å². The van der Waals surface area contributed by atoms with E-state index in [0.29, 0.717) is 22.3 Å². The molecule has 30 heavy (non-hydrogen) atoms. The van der Waals surface area contributed by atoms with E-state index in [9.17, 15) is 14.0 Å². The molecule has 0 unspecified atom stereocenters. The molecule has 4 rings (SSSR count). The van der Waals surface area contributed by atoms with Crippen LogP contribution in [0.25, 0.3) is 5.78 Å². The minimum Gasteiger partial charge on any atom is -0.325 e. The van der Waals surface area contributed by atoms with E-state index >= 15 is 0 Å². The zero-order valence-corrected chi connectivity index (χ0v) is 16.3. The van der Waals surface area contributed by atoms with Gasteiger partial charge in [0, 0.05) is 18.1 Å². The number of amides is 2. The number of benzene rings is 2. The number of hydrogen-bond acceptors (Lipinski definition) is 6. The number of fused-ring (bicyclic) bond motifs is 1. The number of rotatable bonds is 6. The van der Waals surface area contributed by atoms with Crippen molar-refractivity contribution in [3.05, 3.63) is 78.4 Å². The van der Waals surface area contributed by atoms with Crippen LogP contribution in [-0.4, -0.2) is 37.1 Å². The third kappa shape index (κ3) is 4.61. The molecular formula is C20H15FN6O2S. The molecule has 0 aliphatic rings. The molecule has 2 N–H and O–H groups in total. The van der Waals surface area contributed by atoms with Gasteiger partial charge in [0.15, 0.2) is 0 Å². The summed E-state index contributed by atoms with van der Waals surface area (Å²) in [7, 11) is 0. The second kappa shape index (κ2) is 8.70. The molecule has 0 spiro atoms. The molecule has 0 saturated heterocycles. The Kier molecular flexibility index (Phi) is 5.66. The first-order valence-corrected chi connectivity index (χ1v) is 9.83. The molecule has 0 radical (unpaired) electrons. The molecule has 0 aliphatic carbocycles. The van der Waals surface area contributed by atoms with Gasteiger partial charge < -0.3 is 10.6 Å². The van der Waals surface area contributed by atoms with Crippen molar-refractivity contribution in [3.8, 4) is 0 Å². The predicted octanol–water partition coefficient (Wildman–Crippen LogP) is 3.25. The van der Waals surface area contributed by atoms with Crippen LogP contribution in [0.15, 0.2) is 72.1 Å². The molecule has 8 nitrogen and oxygen atoms in total. The van der Waals surface area contributed by atoms with Gasteiger partial charge in [-0.2, -0.15) is 4.98 Å². The molecule has 2 aromatic carbocycles.